The van der Waals surface area contributed by atoms with Crippen LogP contribution >= 0.6 is 0 Å². The van der Waals surface area contributed by atoms with E-state index in [2.05, 4.69) is 5.10 Å². The lowest BCUT2D eigenvalue weighted by molar-refractivity contribution is 0.0885. The highest BCUT2D eigenvalue weighted by Crippen LogP contribution is 2.25. The molecular formula is C17H23N3O3S. The summed E-state index contributed by atoms with van der Waals surface area (Å²) in [6, 6.07) is 9.79. The van der Waals surface area contributed by atoms with E-state index in [4.69, 9.17) is 0 Å². The summed E-state index contributed by atoms with van der Waals surface area (Å²) in [5.74, 6) is -0.00658. The Hall–Kier alpha value is -1.70. The molecule has 1 aliphatic rings. The first-order valence-corrected chi connectivity index (χ1v) is 9.65. The molecule has 1 saturated heterocycles. The first-order valence-electron chi connectivity index (χ1n) is 8.21. The van der Waals surface area contributed by atoms with Gasteiger partial charge in [0.1, 0.15) is 4.90 Å². The van der Waals surface area contributed by atoms with Crippen LogP contribution in [-0.2, 0) is 16.6 Å². The molecule has 1 aliphatic heterocycles. The summed E-state index contributed by atoms with van der Waals surface area (Å²) < 4.78 is 28.7. The number of piperidine rings is 1. The van der Waals surface area contributed by atoms with Gasteiger partial charge in [0.15, 0.2) is 0 Å². The van der Waals surface area contributed by atoms with Gasteiger partial charge in [-0.2, -0.15) is 9.40 Å². The predicted molar refractivity (Wildman–Crippen MR) is 90.9 cm³/mol. The maximum Gasteiger partial charge on any atom is 0.246 e. The Morgan fingerprint density at radius 2 is 2.08 bits per heavy atom. The van der Waals surface area contributed by atoms with Crippen LogP contribution in [0.15, 0.2) is 47.6 Å². The molecule has 2 aromatic rings. The highest BCUT2D eigenvalue weighted by Gasteiger charge is 2.32. The molecule has 130 valence electrons. The number of aromatic nitrogens is 2. The number of rotatable bonds is 5. The summed E-state index contributed by atoms with van der Waals surface area (Å²) in [7, 11) is -3.56. The fourth-order valence-electron chi connectivity index (χ4n) is 3.07. The molecule has 1 aromatic carbocycles. The largest absolute Gasteiger partial charge is 0.393 e. The molecule has 2 heterocycles. The van der Waals surface area contributed by atoms with Crippen LogP contribution in [0.25, 0.3) is 0 Å². The Morgan fingerprint density at radius 1 is 1.33 bits per heavy atom. The first kappa shape index (κ1) is 17.1. The second-order valence-corrected chi connectivity index (χ2v) is 8.30. The topological polar surface area (TPSA) is 75.4 Å². The molecule has 0 saturated carbocycles. The average Bonchev–Trinajstić information content (AvgIpc) is 3.05. The van der Waals surface area contributed by atoms with E-state index >= 15 is 0 Å². The van der Waals surface area contributed by atoms with E-state index in [1.165, 1.54) is 10.5 Å². The van der Waals surface area contributed by atoms with Crippen molar-refractivity contribution in [3.63, 3.8) is 0 Å². The van der Waals surface area contributed by atoms with Gasteiger partial charge in [0.05, 0.1) is 18.8 Å². The number of nitrogens with zero attached hydrogens (tertiary/aromatic N) is 3. The van der Waals surface area contributed by atoms with Crippen molar-refractivity contribution < 1.29 is 13.5 Å². The fraction of sp³-hybridized carbons (Fsp3) is 0.471. The molecule has 0 spiro atoms. The molecule has 3 rings (SSSR count). The molecule has 0 bridgehead atoms. The van der Waals surface area contributed by atoms with E-state index in [9.17, 15) is 13.5 Å². The summed E-state index contributed by atoms with van der Waals surface area (Å²) in [5, 5.41) is 13.9. The zero-order valence-corrected chi connectivity index (χ0v) is 14.6. The zero-order valence-electron chi connectivity index (χ0n) is 13.7. The van der Waals surface area contributed by atoms with Crippen molar-refractivity contribution in [1.29, 1.82) is 0 Å². The van der Waals surface area contributed by atoms with Crippen LogP contribution in [0.1, 0.15) is 25.3 Å². The molecule has 0 radical (unpaired) electrons. The maximum atomic E-state index is 12.8. The lowest BCUT2D eigenvalue weighted by atomic mass is 9.95. The van der Waals surface area contributed by atoms with Crippen molar-refractivity contribution >= 4 is 10.0 Å². The SMILES string of the molecule is CC(O)C1CCCN(S(=O)(=O)c2cnn(Cc3ccccc3)c2)C1. The summed E-state index contributed by atoms with van der Waals surface area (Å²) in [4.78, 5) is 0.213. The molecule has 2 unspecified atom stereocenters. The standard InChI is InChI=1S/C17H23N3O3S/c1-14(21)16-8-5-9-20(12-16)24(22,23)17-10-18-19(13-17)11-15-6-3-2-4-7-15/h2-4,6-7,10,13-14,16,21H,5,8-9,11-12H2,1H3. The lowest BCUT2D eigenvalue weighted by Gasteiger charge is -2.32. The lowest BCUT2D eigenvalue weighted by Crippen LogP contribution is -2.42. The molecule has 2 atom stereocenters. The monoisotopic (exact) mass is 349 g/mol. The molecular weight excluding hydrogens is 326 g/mol. The van der Waals surface area contributed by atoms with Crippen LogP contribution in [0.2, 0.25) is 0 Å². The fourth-order valence-corrected chi connectivity index (χ4v) is 4.56. The minimum absolute atomic E-state index is 0.00658. The Balaban J connectivity index is 1.75. The Labute approximate surface area is 142 Å². The van der Waals surface area contributed by atoms with Gasteiger partial charge < -0.3 is 5.11 Å². The summed E-state index contributed by atoms with van der Waals surface area (Å²) in [6.45, 7) is 3.12. The average molecular weight is 349 g/mol. The normalized spacial score (nSPS) is 20.8. The molecule has 6 nitrogen and oxygen atoms in total. The van der Waals surface area contributed by atoms with Crippen LogP contribution in [0.5, 0.6) is 0 Å². The maximum absolute atomic E-state index is 12.8. The van der Waals surface area contributed by atoms with Crippen molar-refractivity contribution in [3.8, 4) is 0 Å². The quantitative estimate of drug-likeness (QED) is 0.892. The van der Waals surface area contributed by atoms with E-state index in [0.717, 1.165) is 18.4 Å². The third-order valence-electron chi connectivity index (χ3n) is 4.54. The Kier molecular flexibility index (Phi) is 5.03. The van der Waals surface area contributed by atoms with Crippen molar-refractivity contribution in [1.82, 2.24) is 14.1 Å². The number of hydrogen-bond acceptors (Lipinski definition) is 4. The van der Waals surface area contributed by atoms with Gasteiger partial charge in [-0.25, -0.2) is 8.42 Å². The number of benzene rings is 1. The second-order valence-electron chi connectivity index (χ2n) is 6.37. The van der Waals surface area contributed by atoms with E-state index < -0.39 is 16.1 Å². The van der Waals surface area contributed by atoms with Crippen LogP contribution in [-0.4, -0.2) is 46.8 Å². The van der Waals surface area contributed by atoms with Crippen LogP contribution in [0, 0.1) is 5.92 Å². The highest BCUT2D eigenvalue weighted by molar-refractivity contribution is 7.89. The van der Waals surface area contributed by atoms with Gasteiger partial charge in [0, 0.05) is 19.3 Å². The predicted octanol–water partition coefficient (Wildman–Crippen LogP) is 1.71. The number of aliphatic hydroxyl groups excluding tert-OH is 1. The zero-order chi connectivity index (χ0) is 17.2. The van der Waals surface area contributed by atoms with Crippen molar-refractivity contribution in [2.45, 2.75) is 37.3 Å². The Bertz CT molecular complexity index is 771. The minimum atomic E-state index is -3.56. The van der Waals surface area contributed by atoms with Gasteiger partial charge in [-0.3, -0.25) is 4.68 Å². The molecule has 1 N–H and O–H groups in total. The van der Waals surface area contributed by atoms with E-state index in [1.54, 1.807) is 17.8 Å². The van der Waals surface area contributed by atoms with Gasteiger partial charge in [0.25, 0.3) is 0 Å². The molecule has 1 aromatic heterocycles. The van der Waals surface area contributed by atoms with Crippen LogP contribution in [0.4, 0.5) is 0 Å². The van der Waals surface area contributed by atoms with Crippen molar-refractivity contribution in [2.24, 2.45) is 5.92 Å². The summed E-state index contributed by atoms with van der Waals surface area (Å²) in [6.07, 6.45) is 4.12. The van der Waals surface area contributed by atoms with Gasteiger partial charge in [0.2, 0.25) is 10.0 Å². The van der Waals surface area contributed by atoms with Gasteiger partial charge in [-0.05, 0) is 31.2 Å². The van der Waals surface area contributed by atoms with Gasteiger partial charge in [-0.1, -0.05) is 30.3 Å². The number of hydrogen-bond donors (Lipinski definition) is 1. The molecule has 24 heavy (non-hydrogen) atoms. The number of sulfonamides is 1. The molecule has 7 heteroatoms. The second kappa shape index (κ2) is 7.04. The molecule has 1 fully saturated rings. The van der Waals surface area contributed by atoms with Crippen LogP contribution < -0.4 is 0 Å². The van der Waals surface area contributed by atoms with E-state index in [-0.39, 0.29) is 10.8 Å². The molecule has 0 amide bonds. The van der Waals surface area contributed by atoms with E-state index in [1.807, 2.05) is 30.3 Å². The minimum Gasteiger partial charge on any atom is -0.393 e. The smallest absolute Gasteiger partial charge is 0.246 e. The van der Waals surface area contributed by atoms with Crippen molar-refractivity contribution in [2.75, 3.05) is 13.1 Å². The third-order valence-corrected chi connectivity index (χ3v) is 6.36. The summed E-state index contributed by atoms with van der Waals surface area (Å²) >= 11 is 0. The van der Waals surface area contributed by atoms with E-state index in [0.29, 0.717) is 19.6 Å². The van der Waals surface area contributed by atoms with Crippen molar-refractivity contribution in [3.05, 3.63) is 48.3 Å². The summed E-state index contributed by atoms with van der Waals surface area (Å²) in [5.41, 5.74) is 1.07. The van der Waals surface area contributed by atoms with Gasteiger partial charge in [-0.15, -0.1) is 0 Å². The third kappa shape index (κ3) is 3.68. The Morgan fingerprint density at radius 3 is 2.79 bits per heavy atom. The molecule has 0 aliphatic carbocycles. The first-order chi connectivity index (χ1) is 11.5. The highest BCUT2D eigenvalue weighted by atomic mass is 32.2. The number of aliphatic hydroxyl groups is 1. The van der Waals surface area contributed by atoms with Crippen LogP contribution in [0.3, 0.4) is 0 Å². The van der Waals surface area contributed by atoms with Gasteiger partial charge >= 0.3 is 0 Å².